The molecule has 3 aromatic rings. The van der Waals surface area contributed by atoms with Gasteiger partial charge in [0.1, 0.15) is 19.0 Å². The van der Waals surface area contributed by atoms with E-state index < -0.39 is 0 Å². The Kier molecular flexibility index (Phi) is 2.86. The van der Waals surface area contributed by atoms with Crippen LogP contribution in [0.25, 0.3) is 11.9 Å². The van der Waals surface area contributed by atoms with E-state index in [2.05, 4.69) is 35.3 Å². The Morgan fingerprint density at radius 1 is 1.05 bits per heavy atom. The lowest BCUT2D eigenvalue weighted by atomic mass is 10.4. The van der Waals surface area contributed by atoms with Gasteiger partial charge in [0, 0.05) is 12.7 Å². The minimum Gasteiger partial charge on any atom is -0.357 e. The van der Waals surface area contributed by atoms with Crippen molar-refractivity contribution in [3.63, 3.8) is 0 Å². The van der Waals surface area contributed by atoms with E-state index in [1.165, 1.54) is 17.3 Å². The van der Waals surface area contributed by atoms with E-state index in [-0.39, 0.29) is 0 Å². The Morgan fingerprint density at radius 3 is 2.45 bits per heavy atom. The van der Waals surface area contributed by atoms with Gasteiger partial charge in [0.2, 0.25) is 11.9 Å². The van der Waals surface area contributed by atoms with Gasteiger partial charge in [-0.3, -0.25) is 4.57 Å². The van der Waals surface area contributed by atoms with Gasteiger partial charge in [0.25, 0.3) is 5.95 Å². The van der Waals surface area contributed by atoms with E-state index >= 15 is 0 Å². The van der Waals surface area contributed by atoms with E-state index in [9.17, 15) is 0 Å². The van der Waals surface area contributed by atoms with Gasteiger partial charge in [0.15, 0.2) is 0 Å². The quantitative estimate of drug-likeness (QED) is 0.731. The van der Waals surface area contributed by atoms with Crippen LogP contribution in [0.15, 0.2) is 19.0 Å². The molecular formula is C11H13N9. The van der Waals surface area contributed by atoms with Crippen LogP contribution in [0.1, 0.15) is 11.4 Å². The molecule has 0 atom stereocenters. The number of nitrogens with one attached hydrogen (secondary N) is 1. The van der Waals surface area contributed by atoms with Crippen molar-refractivity contribution >= 4 is 5.95 Å². The van der Waals surface area contributed by atoms with E-state index in [0.29, 0.717) is 17.8 Å². The molecule has 102 valence electrons. The van der Waals surface area contributed by atoms with Crippen LogP contribution in [0.4, 0.5) is 5.95 Å². The predicted octanol–water partition coefficient (Wildman–Crippen LogP) is 0.297. The second-order valence-corrected chi connectivity index (χ2v) is 4.13. The van der Waals surface area contributed by atoms with Gasteiger partial charge in [-0.15, -0.1) is 0 Å². The van der Waals surface area contributed by atoms with Crippen LogP contribution >= 0.6 is 0 Å². The molecule has 0 aromatic carbocycles. The lowest BCUT2D eigenvalue weighted by molar-refractivity contribution is 0.770. The zero-order valence-corrected chi connectivity index (χ0v) is 11.3. The first-order valence-corrected chi connectivity index (χ1v) is 5.99. The van der Waals surface area contributed by atoms with Gasteiger partial charge < -0.3 is 5.32 Å². The number of imidazole rings is 1. The maximum Gasteiger partial charge on any atom is 0.258 e. The summed E-state index contributed by atoms with van der Waals surface area (Å²) in [7, 11) is 1.75. The predicted molar refractivity (Wildman–Crippen MR) is 70.9 cm³/mol. The van der Waals surface area contributed by atoms with Crippen molar-refractivity contribution in [2.45, 2.75) is 13.8 Å². The number of hydrogen-bond donors (Lipinski definition) is 1. The molecule has 20 heavy (non-hydrogen) atoms. The van der Waals surface area contributed by atoms with Crippen molar-refractivity contribution in [1.29, 1.82) is 0 Å². The number of aromatic nitrogens is 8. The number of rotatable bonds is 3. The summed E-state index contributed by atoms with van der Waals surface area (Å²) in [5, 5.41) is 6.93. The highest BCUT2D eigenvalue weighted by atomic mass is 15.4. The summed E-state index contributed by atoms with van der Waals surface area (Å²) in [6, 6.07) is 0. The normalized spacial score (nSPS) is 10.8. The van der Waals surface area contributed by atoms with Gasteiger partial charge in [-0.05, 0) is 13.8 Å². The standard InChI is InChI=1S/C11H13N9/c1-7-8(2)19(6-14-7)10-16-9(12-3)17-11(18-10)20-5-13-4-15-20/h4-6H,1-3H3,(H,12,16,17,18). The van der Waals surface area contributed by atoms with Crippen LogP contribution < -0.4 is 5.32 Å². The summed E-state index contributed by atoms with van der Waals surface area (Å²) < 4.78 is 3.28. The van der Waals surface area contributed by atoms with Gasteiger partial charge in [0.05, 0.1) is 5.69 Å². The highest BCUT2D eigenvalue weighted by Crippen LogP contribution is 2.12. The minimum absolute atomic E-state index is 0.391. The zero-order valence-electron chi connectivity index (χ0n) is 11.3. The van der Waals surface area contributed by atoms with Crippen molar-refractivity contribution in [2.75, 3.05) is 12.4 Å². The van der Waals surface area contributed by atoms with Gasteiger partial charge in [-0.1, -0.05) is 0 Å². The molecule has 3 aromatic heterocycles. The molecule has 1 N–H and O–H groups in total. The molecule has 0 aliphatic heterocycles. The van der Waals surface area contributed by atoms with Crippen LogP contribution in [0.3, 0.4) is 0 Å². The molecule has 9 nitrogen and oxygen atoms in total. The molecule has 0 saturated carbocycles. The topological polar surface area (TPSA) is 99.2 Å². The third-order valence-electron chi connectivity index (χ3n) is 2.93. The molecule has 0 aliphatic rings. The van der Waals surface area contributed by atoms with Crippen LogP contribution in [0.2, 0.25) is 0 Å². The molecule has 3 rings (SSSR count). The van der Waals surface area contributed by atoms with Crippen LogP contribution in [0.5, 0.6) is 0 Å². The Morgan fingerprint density at radius 2 is 1.85 bits per heavy atom. The Labute approximate surface area is 114 Å². The fraction of sp³-hybridized carbons (Fsp3) is 0.273. The second kappa shape index (κ2) is 4.68. The lowest BCUT2D eigenvalue weighted by Crippen LogP contribution is -2.12. The minimum atomic E-state index is 0.391. The summed E-state index contributed by atoms with van der Waals surface area (Å²) in [4.78, 5) is 21.1. The Hall–Kier alpha value is -2.84. The molecule has 0 saturated heterocycles. The summed E-state index contributed by atoms with van der Waals surface area (Å²) in [5.74, 6) is 1.32. The van der Waals surface area contributed by atoms with Crippen molar-refractivity contribution in [3.8, 4) is 11.9 Å². The van der Waals surface area contributed by atoms with Gasteiger partial charge >= 0.3 is 0 Å². The number of anilines is 1. The molecule has 9 heteroatoms. The van der Waals surface area contributed by atoms with E-state index in [1.807, 2.05) is 13.8 Å². The Balaban J connectivity index is 2.16. The maximum absolute atomic E-state index is 4.39. The molecule has 0 unspecified atom stereocenters. The highest BCUT2D eigenvalue weighted by molar-refractivity contribution is 5.33. The summed E-state index contributed by atoms with van der Waals surface area (Å²) in [6.07, 6.45) is 4.64. The largest absolute Gasteiger partial charge is 0.357 e. The van der Waals surface area contributed by atoms with Crippen molar-refractivity contribution < 1.29 is 0 Å². The van der Waals surface area contributed by atoms with Gasteiger partial charge in [-0.2, -0.15) is 24.7 Å². The van der Waals surface area contributed by atoms with Crippen LogP contribution in [0, 0.1) is 13.8 Å². The number of hydrogen-bond acceptors (Lipinski definition) is 7. The molecule has 0 radical (unpaired) electrons. The molecule has 3 heterocycles. The summed E-state index contributed by atoms with van der Waals surface area (Å²) >= 11 is 0. The lowest BCUT2D eigenvalue weighted by Gasteiger charge is -2.07. The molecule has 0 fully saturated rings. The number of aryl methyl sites for hydroxylation is 1. The molecular weight excluding hydrogens is 258 g/mol. The smallest absolute Gasteiger partial charge is 0.258 e. The third-order valence-corrected chi connectivity index (χ3v) is 2.93. The van der Waals surface area contributed by atoms with Crippen molar-refractivity contribution in [2.24, 2.45) is 0 Å². The second-order valence-electron chi connectivity index (χ2n) is 4.13. The first-order valence-electron chi connectivity index (χ1n) is 5.99. The molecule has 0 amide bonds. The van der Waals surface area contributed by atoms with Crippen molar-refractivity contribution in [3.05, 3.63) is 30.4 Å². The van der Waals surface area contributed by atoms with E-state index in [0.717, 1.165) is 11.4 Å². The van der Waals surface area contributed by atoms with Crippen LogP contribution in [-0.2, 0) is 0 Å². The van der Waals surface area contributed by atoms with Crippen molar-refractivity contribution in [1.82, 2.24) is 39.3 Å². The zero-order chi connectivity index (χ0) is 14.1. The van der Waals surface area contributed by atoms with E-state index in [1.54, 1.807) is 17.9 Å². The SMILES string of the molecule is CNc1nc(-n2cncn2)nc(-n2cnc(C)c2C)n1. The third kappa shape index (κ3) is 1.98. The maximum atomic E-state index is 4.39. The Bertz CT molecular complexity index is 728. The monoisotopic (exact) mass is 271 g/mol. The summed E-state index contributed by atoms with van der Waals surface area (Å²) in [5.41, 5.74) is 1.90. The average Bonchev–Trinajstić information content (AvgIpc) is 3.10. The van der Waals surface area contributed by atoms with Gasteiger partial charge in [-0.25, -0.2) is 9.97 Å². The number of nitrogens with zero attached hydrogens (tertiary/aromatic N) is 8. The fourth-order valence-corrected chi connectivity index (χ4v) is 1.69. The highest BCUT2D eigenvalue weighted by Gasteiger charge is 2.12. The summed E-state index contributed by atoms with van der Waals surface area (Å²) in [6.45, 7) is 3.89. The molecule has 0 aliphatic carbocycles. The van der Waals surface area contributed by atoms with E-state index in [4.69, 9.17) is 0 Å². The molecule has 0 bridgehead atoms. The first-order chi connectivity index (χ1) is 9.69. The molecule has 0 spiro atoms. The first kappa shape index (κ1) is 12.2. The fourth-order valence-electron chi connectivity index (χ4n) is 1.69. The van der Waals surface area contributed by atoms with Crippen LogP contribution in [-0.4, -0.2) is 46.3 Å². The average molecular weight is 271 g/mol.